The van der Waals surface area contributed by atoms with Crippen molar-refractivity contribution in [2.24, 2.45) is 0 Å². The van der Waals surface area contributed by atoms with Gasteiger partial charge in [0.05, 0.1) is 0 Å². The molecule has 22 heavy (non-hydrogen) atoms. The lowest BCUT2D eigenvalue weighted by Gasteiger charge is -2.27. The number of benzene rings is 1. The minimum atomic E-state index is -0.132. The van der Waals surface area contributed by atoms with Crippen molar-refractivity contribution in [3.05, 3.63) is 47.8 Å². The Morgan fingerprint density at radius 1 is 1.36 bits per heavy atom. The highest BCUT2D eigenvalue weighted by atomic mass is 16.1. The van der Waals surface area contributed by atoms with E-state index in [1.54, 1.807) is 0 Å². The number of rotatable bonds is 7. The predicted octanol–water partition coefficient (Wildman–Crippen LogP) is 2.62. The molecule has 1 atom stereocenters. The van der Waals surface area contributed by atoms with Crippen LogP contribution in [0.15, 0.2) is 36.4 Å². The molecule has 2 rings (SSSR count). The number of hydrogen-bond acceptors (Lipinski definition) is 3. The molecule has 5 nitrogen and oxygen atoms in total. The second kappa shape index (κ2) is 7.64. The van der Waals surface area contributed by atoms with Gasteiger partial charge in [-0.2, -0.15) is 5.10 Å². The van der Waals surface area contributed by atoms with Crippen molar-refractivity contribution in [2.75, 3.05) is 18.5 Å². The zero-order valence-electron chi connectivity index (χ0n) is 13.5. The summed E-state index contributed by atoms with van der Waals surface area (Å²) in [7, 11) is 2.03. The molecule has 0 bridgehead atoms. The first-order valence-electron chi connectivity index (χ1n) is 7.72. The fourth-order valence-electron chi connectivity index (χ4n) is 2.26. The molecular weight excluding hydrogens is 276 g/mol. The molecule has 0 aliphatic carbocycles. The molecule has 0 unspecified atom stereocenters. The first-order chi connectivity index (χ1) is 10.6. The van der Waals surface area contributed by atoms with Crippen molar-refractivity contribution < 1.29 is 4.79 Å². The van der Waals surface area contributed by atoms with Crippen LogP contribution in [0.5, 0.6) is 0 Å². The Balaban J connectivity index is 1.87. The number of hydrogen-bond donors (Lipinski definition) is 2. The Labute approximate surface area is 131 Å². The molecule has 1 heterocycles. The van der Waals surface area contributed by atoms with E-state index < -0.39 is 0 Å². The van der Waals surface area contributed by atoms with Crippen LogP contribution < -0.4 is 10.2 Å². The first-order valence-corrected chi connectivity index (χ1v) is 7.72. The van der Waals surface area contributed by atoms with Crippen LogP contribution in [0.3, 0.4) is 0 Å². The van der Waals surface area contributed by atoms with Gasteiger partial charge in [-0.05, 0) is 31.5 Å². The van der Waals surface area contributed by atoms with Gasteiger partial charge in [0.15, 0.2) is 0 Å². The van der Waals surface area contributed by atoms with Crippen LogP contribution in [0, 0.1) is 0 Å². The standard InChI is InChI=1S/C17H24N4O/c1-4-8-14-11-16(20-19-14)17(22)18-12-13(2)21(3)15-9-6-5-7-10-15/h5-7,9-11,13H,4,8,12H2,1-3H3,(H,18,22)(H,19,20)/t13-/m0/s1. The number of aromatic nitrogens is 2. The van der Waals surface area contributed by atoms with Crippen LogP contribution in [-0.2, 0) is 6.42 Å². The van der Waals surface area contributed by atoms with Gasteiger partial charge < -0.3 is 10.2 Å². The van der Waals surface area contributed by atoms with Crippen molar-refractivity contribution in [2.45, 2.75) is 32.7 Å². The van der Waals surface area contributed by atoms with Gasteiger partial charge in [0.1, 0.15) is 5.69 Å². The van der Waals surface area contributed by atoms with E-state index in [9.17, 15) is 4.79 Å². The number of nitrogens with zero attached hydrogens (tertiary/aromatic N) is 2. The molecule has 0 fully saturated rings. The highest BCUT2D eigenvalue weighted by molar-refractivity contribution is 5.92. The minimum absolute atomic E-state index is 0.132. The molecule has 0 radical (unpaired) electrons. The van der Waals surface area contributed by atoms with Crippen LogP contribution in [0.2, 0.25) is 0 Å². The average Bonchev–Trinajstić information content (AvgIpc) is 3.01. The van der Waals surface area contributed by atoms with Gasteiger partial charge in [-0.1, -0.05) is 31.5 Å². The van der Waals surface area contributed by atoms with Crippen LogP contribution >= 0.6 is 0 Å². The molecule has 1 amide bonds. The summed E-state index contributed by atoms with van der Waals surface area (Å²) in [6.45, 7) is 4.75. The van der Waals surface area contributed by atoms with E-state index in [1.807, 2.05) is 31.3 Å². The first kappa shape index (κ1) is 16.1. The summed E-state index contributed by atoms with van der Waals surface area (Å²) in [5.74, 6) is -0.132. The Morgan fingerprint density at radius 2 is 2.09 bits per heavy atom. The van der Waals surface area contributed by atoms with Crippen molar-refractivity contribution in [1.29, 1.82) is 0 Å². The number of H-pyrrole nitrogens is 1. The number of nitrogens with one attached hydrogen (secondary N) is 2. The summed E-state index contributed by atoms with van der Waals surface area (Å²) < 4.78 is 0. The summed E-state index contributed by atoms with van der Waals surface area (Å²) in [6.07, 6.45) is 1.94. The Bertz CT molecular complexity index is 594. The maximum atomic E-state index is 12.1. The molecule has 0 spiro atoms. The van der Waals surface area contributed by atoms with Crippen LogP contribution in [0.4, 0.5) is 5.69 Å². The normalized spacial score (nSPS) is 12.0. The molecule has 5 heteroatoms. The van der Waals surface area contributed by atoms with Crippen molar-refractivity contribution in [3.8, 4) is 0 Å². The highest BCUT2D eigenvalue weighted by Crippen LogP contribution is 2.13. The van der Waals surface area contributed by atoms with Gasteiger partial charge in [0.25, 0.3) is 5.91 Å². The number of carbonyl (C=O) groups is 1. The van der Waals surface area contributed by atoms with Crippen LogP contribution in [0.1, 0.15) is 36.5 Å². The van der Waals surface area contributed by atoms with Gasteiger partial charge in [-0.3, -0.25) is 9.89 Å². The molecule has 0 saturated carbocycles. The van der Waals surface area contributed by atoms with Gasteiger partial charge in [-0.25, -0.2) is 0 Å². The molecule has 118 valence electrons. The molecule has 1 aromatic heterocycles. The van der Waals surface area contributed by atoms with E-state index in [-0.39, 0.29) is 11.9 Å². The summed E-state index contributed by atoms with van der Waals surface area (Å²) in [5.41, 5.74) is 2.59. The molecule has 0 saturated heterocycles. The summed E-state index contributed by atoms with van der Waals surface area (Å²) in [4.78, 5) is 14.3. The third-order valence-corrected chi connectivity index (χ3v) is 3.77. The van der Waals surface area contributed by atoms with Gasteiger partial charge in [-0.15, -0.1) is 0 Å². The maximum absolute atomic E-state index is 12.1. The Hall–Kier alpha value is -2.30. The van der Waals surface area contributed by atoms with E-state index in [1.165, 1.54) is 0 Å². The summed E-state index contributed by atoms with van der Waals surface area (Å²) in [6, 6.07) is 12.2. The zero-order chi connectivity index (χ0) is 15.9. The number of para-hydroxylation sites is 1. The quantitative estimate of drug-likeness (QED) is 0.826. The van der Waals surface area contributed by atoms with Crippen molar-refractivity contribution >= 4 is 11.6 Å². The number of likely N-dealkylation sites (N-methyl/N-ethyl adjacent to an activating group) is 1. The minimum Gasteiger partial charge on any atom is -0.370 e. The third-order valence-electron chi connectivity index (χ3n) is 3.77. The van der Waals surface area contributed by atoms with Crippen LogP contribution in [-0.4, -0.2) is 35.7 Å². The number of anilines is 1. The monoisotopic (exact) mass is 300 g/mol. The maximum Gasteiger partial charge on any atom is 0.271 e. The van der Waals surface area contributed by atoms with E-state index in [2.05, 4.69) is 46.4 Å². The van der Waals surface area contributed by atoms with Gasteiger partial charge in [0, 0.05) is 31.0 Å². The molecular formula is C17H24N4O. The highest BCUT2D eigenvalue weighted by Gasteiger charge is 2.14. The fraction of sp³-hybridized carbons (Fsp3) is 0.412. The molecule has 2 aromatic rings. The fourth-order valence-corrected chi connectivity index (χ4v) is 2.26. The number of amides is 1. The zero-order valence-corrected chi connectivity index (χ0v) is 13.5. The van der Waals surface area contributed by atoms with E-state index in [0.29, 0.717) is 12.2 Å². The van der Waals surface area contributed by atoms with Crippen molar-refractivity contribution in [1.82, 2.24) is 15.5 Å². The van der Waals surface area contributed by atoms with E-state index in [4.69, 9.17) is 0 Å². The average molecular weight is 300 g/mol. The lowest BCUT2D eigenvalue weighted by molar-refractivity contribution is 0.0946. The van der Waals surface area contributed by atoms with Crippen molar-refractivity contribution in [3.63, 3.8) is 0 Å². The van der Waals surface area contributed by atoms with Crippen LogP contribution in [0.25, 0.3) is 0 Å². The van der Waals surface area contributed by atoms with Gasteiger partial charge in [0.2, 0.25) is 0 Å². The largest absolute Gasteiger partial charge is 0.370 e. The summed E-state index contributed by atoms with van der Waals surface area (Å²) >= 11 is 0. The Morgan fingerprint density at radius 3 is 2.77 bits per heavy atom. The Kier molecular flexibility index (Phi) is 5.58. The van der Waals surface area contributed by atoms with Gasteiger partial charge >= 0.3 is 0 Å². The summed E-state index contributed by atoms with van der Waals surface area (Å²) in [5, 5.41) is 9.91. The second-order valence-electron chi connectivity index (χ2n) is 5.53. The lowest BCUT2D eigenvalue weighted by atomic mass is 10.2. The third kappa shape index (κ3) is 4.10. The molecule has 2 N–H and O–H groups in total. The number of aromatic amines is 1. The second-order valence-corrected chi connectivity index (χ2v) is 5.53. The van der Waals surface area contributed by atoms with E-state index >= 15 is 0 Å². The lowest BCUT2D eigenvalue weighted by Crippen LogP contribution is -2.40. The number of carbonyl (C=O) groups excluding carboxylic acids is 1. The predicted molar refractivity (Wildman–Crippen MR) is 89.2 cm³/mol. The molecule has 0 aliphatic rings. The SMILES string of the molecule is CCCc1cc(C(=O)NC[C@H](C)N(C)c2ccccc2)n[nH]1. The molecule has 1 aromatic carbocycles. The topological polar surface area (TPSA) is 61.0 Å². The smallest absolute Gasteiger partial charge is 0.271 e. The molecule has 0 aliphatic heterocycles. The van der Waals surface area contributed by atoms with E-state index in [0.717, 1.165) is 24.2 Å². The number of aryl methyl sites for hydroxylation is 1.